The van der Waals surface area contributed by atoms with Crippen molar-refractivity contribution in [3.8, 4) is 0 Å². The lowest BCUT2D eigenvalue weighted by Gasteiger charge is -2.35. The Balaban J connectivity index is 2.09. The van der Waals surface area contributed by atoms with Crippen LogP contribution >= 0.6 is 11.6 Å². The lowest BCUT2D eigenvalue weighted by molar-refractivity contribution is -0.125. The molecule has 2 unspecified atom stereocenters. The number of carbonyl (C=O) groups is 1. The van der Waals surface area contributed by atoms with Crippen molar-refractivity contribution in [2.75, 3.05) is 0 Å². The highest BCUT2D eigenvalue weighted by Crippen LogP contribution is 2.32. The number of ketones is 1. The monoisotopic (exact) mass is 283 g/mol. The van der Waals surface area contributed by atoms with Crippen molar-refractivity contribution in [1.82, 2.24) is 0 Å². The summed E-state index contributed by atoms with van der Waals surface area (Å²) < 4.78 is 13.4. The van der Waals surface area contributed by atoms with Crippen molar-refractivity contribution in [3.05, 3.63) is 34.6 Å². The second-order valence-electron chi connectivity index (χ2n) is 5.71. The summed E-state index contributed by atoms with van der Waals surface area (Å²) in [5.74, 6) is -0.0134. The normalized spacial score (nSPS) is 27.3. The Morgan fingerprint density at radius 2 is 2.32 bits per heavy atom. The molecule has 2 N–H and O–H groups in total. The number of nitrogens with two attached hydrogens (primary N) is 1. The zero-order valence-corrected chi connectivity index (χ0v) is 11.8. The van der Waals surface area contributed by atoms with Crippen molar-refractivity contribution in [2.24, 2.45) is 11.7 Å². The molecule has 0 aromatic heterocycles. The maximum Gasteiger partial charge on any atom is 0.157 e. The Hall–Kier alpha value is -0.930. The third kappa shape index (κ3) is 3.34. The van der Waals surface area contributed by atoms with Gasteiger partial charge in [-0.2, -0.15) is 0 Å². The summed E-state index contributed by atoms with van der Waals surface area (Å²) in [5, 5.41) is 0.0740. The molecule has 1 aliphatic rings. The summed E-state index contributed by atoms with van der Waals surface area (Å²) in [7, 11) is 0. The number of benzene rings is 1. The molecule has 0 aliphatic heterocycles. The molecule has 0 saturated heterocycles. The van der Waals surface area contributed by atoms with Gasteiger partial charge in [0.2, 0.25) is 0 Å². The first-order valence-electron chi connectivity index (χ1n) is 6.67. The number of hydrogen-bond donors (Lipinski definition) is 1. The van der Waals surface area contributed by atoms with Gasteiger partial charge in [0.1, 0.15) is 5.82 Å². The lowest BCUT2D eigenvalue weighted by Crippen LogP contribution is -2.51. The van der Waals surface area contributed by atoms with Gasteiger partial charge in [0.25, 0.3) is 0 Å². The van der Waals surface area contributed by atoms with Crippen LogP contribution in [0.4, 0.5) is 4.39 Å². The lowest BCUT2D eigenvalue weighted by atomic mass is 9.73. The van der Waals surface area contributed by atoms with Crippen molar-refractivity contribution < 1.29 is 9.18 Å². The van der Waals surface area contributed by atoms with Crippen LogP contribution in [0.15, 0.2) is 18.2 Å². The van der Waals surface area contributed by atoms with Gasteiger partial charge in [0, 0.05) is 6.42 Å². The van der Waals surface area contributed by atoms with Crippen LogP contribution in [0.3, 0.4) is 0 Å². The standard InChI is InChI=1S/C15H19ClFNO/c1-10-3-2-6-15(18,9-10)14(19)8-11-4-5-12(16)13(17)7-11/h4-5,7,10H,2-3,6,8-9,18H2,1H3. The fourth-order valence-electron chi connectivity index (χ4n) is 2.86. The van der Waals surface area contributed by atoms with Gasteiger partial charge in [0.15, 0.2) is 5.78 Å². The fraction of sp³-hybridized carbons (Fsp3) is 0.533. The van der Waals surface area contributed by atoms with Crippen LogP contribution in [-0.4, -0.2) is 11.3 Å². The van der Waals surface area contributed by atoms with E-state index in [4.69, 9.17) is 17.3 Å². The first kappa shape index (κ1) is 14.5. The largest absolute Gasteiger partial charge is 0.319 e. The molecule has 1 fully saturated rings. The molecule has 0 amide bonds. The summed E-state index contributed by atoms with van der Waals surface area (Å²) in [5.41, 5.74) is 6.13. The van der Waals surface area contributed by atoms with Crippen LogP contribution in [0.2, 0.25) is 5.02 Å². The van der Waals surface area contributed by atoms with Gasteiger partial charge >= 0.3 is 0 Å². The van der Waals surface area contributed by atoms with E-state index in [1.807, 2.05) is 0 Å². The van der Waals surface area contributed by atoms with Crippen molar-refractivity contribution in [2.45, 2.75) is 44.6 Å². The average Bonchev–Trinajstić information content (AvgIpc) is 2.33. The first-order chi connectivity index (χ1) is 8.90. The van der Waals surface area contributed by atoms with Gasteiger partial charge in [-0.1, -0.05) is 37.4 Å². The van der Waals surface area contributed by atoms with E-state index in [0.717, 1.165) is 25.7 Å². The smallest absolute Gasteiger partial charge is 0.157 e. The highest BCUT2D eigenvalue weighted by molar-refractivity contribution is 6.30. The van der Waals surface area contributed by atoms with Crippen LogP contribution < -0.4 is 5.73 Å². The zero-order chi connectivity index (χ0) is 14.0. The molecule has 1 aromatic rings. The summed E-state index contributed by atoms with van der Waals surface area (Å²) >= 11 is 5.63. The van der Waals surface area contributed by atoms with E-state index in [-0.39, 0.29) is 17.2 Å². The number of rotatable bonds is 3. The Bertz CT molecular complexity index is 491. The van der Waals surface area contributed by atoms with Crippen LogP contribution in [0.25, 0.3) is 0 Å². The number of halogens is 2. The molecule has 2 nitrogen and oxygen atoms in total. The molecule has 0 bridgehead atoms. The van der Waals surface area contributed by atoms with E-state index in [0.29, 0.717) is 11.5 Å². The van der Waals surface area contributed by atoms with E-state index in [9.17, 15) is 9.18 Å². The Morgan fingerprint density at radius 3 is 2.95 bits per heavy atom. The Morgan fingerprint density at radius 1 is 1.58 bits per heavy atom. The van der Waals surface area contributed by atoms with Gasteiger partial charge in [-0.25, -0.2) is 4.39 Å². The SMILES string of the molecule is CC1CCCC(N)(C(=O)Cc2ccc(Cl)c(F)c2)C1. The quantitative estimate of drug-likeness (QED) is 0.923. The third-order valence-electron chi connectivity index (χ3n) is 3.94. The second kappa shape index (κ2) is 5.59. The molecular formula is C15H19ClFNO. The minimum atomic E-state index is -0.742. The molecule has 104 valence electrons. The van der Waals surface area contributed by atoms with Gasteiger partial charge < -0.3 is 5.73 Å². The molecular weight excluding hydrogens is 265 g/mol. The highest BCUT2D eigenvalue weighted by atomic mass is 35.5. The minimum absolute atomic E-state index is 0.000715. The van der Waals surface area contributed by atoms with E-state index < -0.39 is 11.4 Å². The number of carbonyl (C=O) groups excluding carboxylic acids is 1. The molecule has 1 aliphatic carbocycles. The maximum absolute atomic E-state index is 13.4. The van der Waals surface area contributed by atoms with Gasteiger partial charge in [-0.3, -0.25) is 4.79 Å². The van der Waals surface area contributed by atoms with E-state index in [1.54, 1.807) is 6.07 Å². The molecule has 0 heterocycles. The van der Waals surface area contributed by atoms with Gasteiger partial charge in [-0.05, 0) is 36.5 Å². The van der Waals surface area contributed by atoms with E-state index in [1.165, 1.54) is 12.1 Å². The highest BCUT2D eigenvalue weighted by Gasteiger charge is 2.37. The predicted octanol–water partition coefficient (Wildman–Crippen LogP) is 3.50. The maximum atomic E-state index is 13.4. The van der Waals surface area contributed by atoms with E-state index >= 15 is 0 Å². The summed E-state index contributed by atoms with van der Waals surface area (Å²) in [6, 6.07) is 4.47. The number of Topliss-reactive ketones (excluding diaryl/α,β-unsaturated/α-hetero) is 1. The van der Waals surface area contributed by atoms with E-state index in [2.05, 4.69) is 6.92 Å². The molecule has 1 aromatic carbocycles. The summed E-state index contributed by atoms with van der Waals surface area (Å²) in [6.45, 7) is 2.12. The third-order valence-corrected chi connectivity index (χ3v) is 4.24. The molecule has 2 atom stereocenters. The molecule has 4 heteroatoms. The van der Waals surface area contributed by atoms with Crippen molar-refractivity contribution >= 4 is 17.4 Å². The van der Waals surface area contributed by atoms with Crippen LogP contribution in [0.5, 0.6) is 0 Å². The van der Waals surface area contributed by atoms with Gasteiger partial charge in [0.05, 0.1) is 10.6 Å². The van der Waals surface area contributed by atoms with Crippen molar-refractivity contribution in [1.29, 1.82) is 0 Å². The average molecular weight is 284 g/mol. The second-order valence-corrected chi connectivity index (χ2v) is 6.11. The molecule has 1 saturated carbocycles. The van der Waals surface area contributed by atoms with Crippen LogP contribution in [-0.2, 0) is 11.2 Å². The summed E-state index contributed by atoms with van der Waals surface area (Å²) in [6.07, 6.45) is 3.74. The number of hydrogen-bond acceptors (Lipinski definition) is 2. The minimum Gasteiger partial charge on any atom is -0.319 e. The Labute approximate surface area is 118 Å². The zero-order valence-electron chi connectivity index (χ0n) is 11.1. The Kier molecular flexibility index (Phi) is 4.26. The van der Waals surface area contributed by atoms with Crippen molar-refractivity contribution in [3.63, 3.8) is 0 Å². The molecule has 0 spiro atoms. The molecule has 0 radical (unpaired) electrons. The van der Waals surface area contributed by atoms with Gasteiger partial charge in [-0.15, -0.1) is 0 Å². The topological polar surface area (TPSA) is 43.1 Å². The van der Waals surface area contributed by atoms with Crippen LogP contribution in [0, 0.1) is 11.7 Å². The van der Waals surface area contributed by atoms with Crippen LogP contribution in [0.1, 0.15) is 38.2 Å². The molecule has 19 heavy (non-hydrogen) atoms. The fourth-order valence-corrected chi connectivity index (χ4v) is 2.97. The predicted molar refractivity (Wildman–Crippen MR) is 74.7 cm³/mol. The summed E-state index contributed by atoms with van der Waals surface area (Å²) in [4.78, 5) is 12.4. The molecule has 2 rings (SSSR count). The first-order valence-corrected chi connectivity index (χ1v) is 7.04.